The third kappa shape index (κ3) is 3.41. The van der Waals surface area contributed by atoms with Gasteiger partial charge in [-0.05, 0) is 65.6 Å². The summed E-state index contributed by atoms with van der Waals surface area (Å²) < 4.78 is 13.7. The van der Waals surface area contributed by atoms with Gasteiger partial charge in [0.15, 0.2) is 0 Å². The molecule has 0 aliphatic heterocycles. The van der Waals surface area contributed by atoms with Crippen LogP contribution in [0.5, 0.6) is 0 Å². The highest BCUT2D eigenvalue weighted by Crippen LogP contribution is 2.26. The lowest BCUT2D eigenvalue weighted by molar-refractivity contribution is 0.616. The molecule has 0 aliphatic carbocycles. The zero-order chi connectivity index (χ0) is 15.6. The second-order valence-electron chi connectivity index (χ2n) is 6.03. The van der Waals surface area contributed by atoms with E-state index in [4.69, 9.17) is 0 Å². The maximum Gasteiger partial charge on any atom is 0.126 e. The quantitative estimate of drug-likeness (QED) is 0.665. The number of benzene rings is 2. The van der Waals surface area contributed by atoms with Crippen LogP contribution in [0, 0.1) is 19.7 Å². The molecule has 0 amide bonds. The largest absolute Gasteiger partial charge is 0.207 e. The average Bonchev–Trinajstić information content (AvgIpc) is 2.43. The van der Waals surface area contributed by atoms with Gasteiger partial charge < -0.3 is 0 Å². The predicted octanol–water partition coefficient (Wildman–Crippen LogP) is 5.80. The number of halogens is 1. The van der Waals surface area contributed by atoms with Crippen LogP contribution in [0.4, 0.5) is 4.39 Å². The van der Waals surface area contributed by atoms with Crippen molar-refractivity contribution >= 4 is 6.08 Å². The van der Waals surface area contributed by atoms with Crippen molar-refractivity contribution in [2.24, 2.45) is 0 Å². The van der Waals surface area contributed by atoms with Gasteiger partial charge in [-0.25, -0.2) is 4.39 Å². The molecular weight excluding hydrogens is 259 g/mol. The third-order valence-electron chi connectivity index (χ3n) is 4.00. The van der Waals surface area contributed by atoms with Crippen molar-refractivity contribution in [1.82, 2.24) is 0 Å². The summed E-state index contributed by atoms with van der Waals surface area (Å²) in [4.78, 5) is 0. The lowest BCUT2D eigenvalue weighted by Gasteiger charge is -2.15. The molecule has 0 nitrogen and oxygen atoms in total. The maximum absolute atomic E-state index is 13.7. The van der Waals surface area contributed by atoms with Gasteiger partial charge >= 0.3 is 0 Å². The van der Waals surface area contributed by atoms with E-state index in [1.54, 1.807) is 13.0 Å². The van der Waals surface area contributed by atoms with Crippen LogP contribution in [0.25, 0.3) is 6.08 Å². The van der Waals surface area contributed by atoms with Gasteiger partial charge in [-0.15, -0.1) is 0 Å². The predicted molar refractivity (Wildman–Crippen MR) is 89.3 cm³/mol. The van der Waals surface area contributed by atoms with Gasteiger partial charge in [0, 0.05) is 0 Å². The minimum absolute atomic E-state index is 0.136. The first-order valence-electron chi connectivity index (χ1n) is 7.43. The minimum atomic E-state index is -0.136. The Kier molecular flexibility index (Phi) is 4.62. The first-order chi connectivity index (χ1) is 9.92. The minimum Gasteiger partial charge on any atom is -0.207 e. The smallest absolute Gasteiger partial charge is 0.126 e. The fourth-order valence-corrected chi connectivity index (χ4v) is 2.73. The SMILES string of the molecule is C=Cc1cc(C(C)C)c(C)cc1Cc1ccc(C)c(F)c1. The van der Waals surface area contributed by atoms with Crippen LogP contribution in [-0.2, 0) is 6.42 Å². The monoisotopic (exact) mass is 282 g/mol. The van der Waals surface area contributed by atoms with Gasteiger partial charge in [0.1, 0.15) is 5.82 Å². The summed E-state index contributed by atoms with van der Waals surface area (Å²) in [5.41, 5.74) is 6.68. The van der Waals surface area contributed by atoms with Crippen molar-refractivity contribution in [2.45, 2.75) is 40.0 Å². The van der Waals surface area contributed by atoms with E-state index in [1.165, 1.54) is 16.7 Å². The number of hydrogen-bond donors (Lipinski definition) is 0. The van der Waals surface area contributed by atoms with Crippen LogP contribution >= 0.6 is 0 Å². The summed E-state index contributed by atoms with van der Waals surface area (Å²) in [7, 11) is 0. The average molecular weight is 282 g/mol. The van der Waals surface area contributed by atoms with E-state index in [9.17, 15) is 4.39 Å². The Hall–Kier alpha value is -1.89. The van der Waals surface area contributed by atoms with Crippen LogP contribution in [0.15, 0.2) is 36.9 Å². The highest BCUT2D eigenvalue weighted by Gasteiger charge is 2.10. The molecule has 0 atom stereocenters. The van der Waals surface area contributed by atoms with E-state index < -0.39 is 0 Å². The van der Waals surface area contributed by atoms with E-state index in [-0.39, 0.29) is 5.82 Å². The molecule has 0 aliphatic rings. The summed E-state index contributed by atoms with van der Waals surface area (Å²) in [6.45, 7) is 12.2. The number of rotatable bonds is 4. The molecule has 2 aromatic carbocycles. The van der Waals surface area contributed by atoms with Crippen molar-refractivity contribution < 1.29 is 4.39 Å². The Balaban J connectivity index is 2.41. The van der Waals surface area contributed by atoms with Gasteiger partial charge in [0.05, 0.1) is 0 Å². The van der Waals surface area contributed by atoms with Crippen LogP contribution in [0.1, 0.15) is 53.1 Å². The Morgan fingerprint density at radius 3 is 2.38 bits per heavy atom. The summed E-state index contributed by atoms with van der Waals surface area (Å²) in [6.07, 6.45) is 2.63. The molecule has 1 heteroatoms. The number of aryl methyl sites for hydroxylation is 2. The summed E-state index contributed by atoms with van der Waals surface area (Å²) in [5, 5.41) is 0. The fraction of sp³-hybridized carbons (Fsp3) is 0.300. The second-order valence-corrected chi connectivity index (χ2v) is 6.03. The van der Waals surface area contributed by atoms with Gasteiger partial charge in [0.2, 0.25) is 0 Å². The van der Waals surface area contributed by atoms with E-state index in [2.05, 4.69) is 39.5 Å². The first-order valence-corrected chi connectivity index (χ1v) is 7.43. The Morgan fingerprint density at radius 2 is 1.81 bits per heavy atom. The van der Waals surface area contributed by atoms with E-state index in [1.807, 2.05) is 18.2 Å². The van der Waals surface area contributed by atoms with Gasteiger partial charge in [-0.2, -0.15) is 0 Å². The molecule has 2 rings (SSSR count). The Bertz CT molecular complexity index is 666. The molecular formula is C20H23F. The van der Waals surface area contributed by atoms with Gasteiger partial charge in [-0.3, -0.25) is 0 Å². The molecule has 0 heterocycles. The van der Waals surface area contributed by atoms with Gasteiger partial charge in [0.25, 0.3) is 0 Å². The Labute approximate surface area is 127 Å². The fourth-order valence-electron chi connectivity index (χ4n) is 2.73. The highest BCUT2D eigenvalue weighted by atomic mass is 19.1. The van der Waals surface area contributed by atoms with Crippen molar-refractivity contribution in [3.05, 3.63) is 76.1 Å². The molecule has 0 unspecified atom stereocenters. The molecule has 0 N–H and O–H groups in total. The molecule has 0 bridgehead atoms. The summed E-state index contributed by atoms with van der Waals surface area (Å²) >= 11 is 0. The van der Waals surface area contributed by atoms with Crippen molar-refractivity contribution in [3.8, 4) is 0 Å². The molecule has 21 heavy (non-hydrogen) atoms. The highest BCUT2D eigenvalue weighted by molar-refractivity contribution is 5.56. The van der Waals surface area contributed by atoms with Crippen molar-refractivity contribution in [2.75, 3.05) is 0 Å². The first kappa shape index (κ1) is 15.5. The molecule has 0 saturated carbocycles. The Morgan fingerprint density at radius 1 is 1.10 bits per heavy atom. The van der Waals surface area contributed by atoms with Gasteiger partial charge in [-0.1, -0.05) is 50.8 Å². The molecule has 0 radical (unpaired) electrons. The summed E-state index contributed by atoms with van der Waals surface area (Å²) in [5.74, 6) is 0.359. The van der Waals surface area contributed by atoms with Crippen molar-refractivity contribution in [3.63, 3.8) is 0 Å². The molecule has 0 aromatic heterocycles. The molecule has 0 fully saturated rings. The zero-order valence-corrected chi connectivity index (χ0v) is 13.3. The summed E-state index contributed by atoms with van der Waals surface area (Å²) in [6, 6.07) is 9.90. The zero-order valence-electron chi connectivity index (χ0n) is 13.3. The second kappa shape index (κ2) is 6.26. The van der Waals surface area contributed by atoms with Crippen molar-refractivity contribution in [1.29, 1.82) is 0 Å². The van der Waals surface area contributed by atoms with Crippen LogP contribution < -0.4 is 0 Å². The van der Waals surface area contributed by atoms with E-state index in [0.29, 0.717) is 11.5 Å². The standard InChI is InChI=1S/C20H23F/c1-6-17-12-19(13(2)3)15(5)9-18(17)10-16-8-7-14(4)20(21)11-16/h6-9,11-13H,1,10H2,2-5H3. The van der Waals surface area contributed by atoms with E-state index >= 15 is 0 Å². The molecule has 2 aromatic rings. The molecule has 110 valence electrons. The third-order valence-corrected chi connectivity index (χ3v) is 4.00. The number of hydrogen-bond acceptors (Lipinski definition) is 0. The van der Waals surface area contributed by atoms with Crippen LogP contribution in [-0.4, -0.2) is 0 Å². The topological polar surface area (TPSA) is 0 Å². The normalized spacial score (nSPS) is 11.0. The maximum atomic E-state index is 13.7. The lowest BCUT2D eigenvalue weighted by Crippen LogP contribution is -1.99. The van der Waals surface area contributed by atoms with E-state index in [0.717, 1.165) is 17.5 Å². The van der Waals surface area contributed by atoms with Crippen LogP contribution in [0.3, 0.4) is 0 Å². The molecule has 0 saturated heterocycles. The lowest BCUT2D eigenvalue weighted by atomic mass is 9.90. The van der Waals surface area contributed by atoms with Crippen LogP contribution in [0.2, 0.25) is 0 Å². The molecule has 0 spiro atoms.